The lowest BCUT2D eigenvalue weighted by Crippen LogP contribution is -2.44. The van der Waals surface area contributed by atoms with Gasteiger partial charge in [-0.05, 0) is 135 Å². The van der Waals surface area contributed by atoms with Crippen LogP contribution in [-0.4, -0.2) is 131 Å². The van der Waals surface area contributed by atoms with Crippen molar-refractivity contribution < 1.29 is 76.3 Å². The smallest absolute Gasteiger partial charge is 0.407 e. The minimum absolute atomic E-state index is 0.00569. The highest BCUT2D eigenvalue weighted by atomic mass is 16.6. The standard InChI is InChI=1S/C68H116N2O16/c1-5-9-13-16-19-22-36-52-79-60(71)40-28-25-31-43-63(74)82-55-68(56-83-64(75)44-32-26-29-41-61(72)80-53-37-23-20-17-14-10-6-2,57-84-65(76)45-33-27-30-42-62(73)81-54-38-24-21-18-15-11-7-3)58-85-66(77)47-46-59(39-12-8-4)86-67(78)69-48-51-70-49-34-35-50-70/h19-24,59H,5-18,25-58H2,1-4H3,(H,69,78)/b22-19-,23-20-,24-21-. The van der Waals surface area contributed by atoms with E-state index < -0.39 is 67.9 Å². The van der Waals surface area contributed by atoms with E-state index in [4.69, 9.17) is 37.9 Å². The summed E-state index contributed by atoms with van der Waals surface area (Å²) in [4.78, 5) is 106. The monoisotopic (exact) mass is 1220 g/mol. The zero-order valence-electron chi connectivity index (χ0n) is 54.0. The third kappa shape index (κ3) is 48.8. The Balaban J connectivity index is 3.09. The van der Waals surface area contributed by atoms with Crippen molar-refractivity contribution in [2.45, 2.75) is 271 Å². The van der Waals surface area contributed by atoms with Gasteiger partial charge in [-0.15, -0.1) is 0 Å². The number of ether oxygens (including phenoxy) is 8. The minimum Gasteiger partial charge on any atom is -0.465 e. The number of rotatable bonds is 57. The number of hydrogen-bond acceptors (Lipinski definition) is 17. The fraction of sp³-hybridized carbons (Fsp3) is 0.794. The highest BCUT2D eigenvalue weighted by molar-refractivity contribution is 5.72. The molecule has 0 radical (unpaired) electrons. The zero-order valence-corrected chi connectivity index (χ0v) is 54.0. The largest absolute Gasteiger partial charge is 0.465 e. The summed E-state index contributed by atoms with van der Waals surface area (Å²) >= 11 is 0. The lowest BCUT2D eigenvalue weighted by atomic mass is 9.92. The van der Waals surface area contributed by atoms with Gasteiger partial charge < -0.3 is 48.1 Å². The molecule has 1 heterocycles. The first-order chi connectivity index (χ1) is 41.8. The number of nitrogens with one attached hydrogen (secondary N) is 1. The average Bonchev–Trinajstić information content (AvgIpc) is 4.16. The van der Waals surface area contributed by atoms with Gasteiger partial charge in [-0.25, -0.2) is 4.79 Å². The molecule has 0 bridgehead atoms. The van der Waals surface area contributed by atoms with E-state index in [2.05, 4.69) is 49.2 Å². The van der Waals surface area contributed by atoms with Crippen molar-refractivity contribution in [3.05, 3.63) is 36.5 Å². The van der Waals surface area contributed by atoms with Crippen molar-refractivity contribution in [3.8, 4) is 0 Å². The second kappa shape index (κ2) is 56.3. The van der Waals surface area contributed by atoms with Gasteiger partial charge in [0.05, 0.1) is 19.8 Å². The molecular formula is C68H116N2O16. The van der Waals surface area contributed by atoms with Gasteiger partial charge in [0.1, 0.15) is 37.9 Å². The topological polar surface area (TPSA) is 226 Å². The highest BCUT2D eigenvalue weighted by Gasteiger charge is 2.38. The molecule has 1 fully saturated rings. The fourth-order valence-electron chi connectivity index (χ4n) is 9.29. The quantitative estimate of drug-likeness (QED) is 0.0258. The summed E-state index contributed by atoms with van der Waals surface area (Å²) in [5.74, 6) is -3.31. The predicted octanol–water partition coefficient (Wildman–Crippen LogP) is 14.4. The van der Waals surface area contributed by atoms with Crippen LogP contribution in [0.3, 0.4) is 0 Å². The maximum atomic E-state index is 13.6. The van der Waals surface area contributed by atoms with Gasteiger partial charge in [0.25, 0.3) is 0 Å². The second-order valence-electron chi connectivity index (χ2n) is 22.9. The van der Waals surface area contributed by atoms with Crippen LogP contribution in [0.25, 0.3) is 0 Å². The predicted molar refractivity (Wildman–Crippen MR) is 335 cm³/mol. The van der Waals surface area contributed by atoms with Crippen LogP contribution in [0.1, 0.15) is 265 Å². The van der Waals surface area contributed by atoms with Crippen molar-refractivity contribution in [1.29, 1.82) is 0 Å². The number of hydrogen-bond donors (Lipinski definition) is 1. The molecule has 0 aliphatic carbocycles. The van der Waals surface area contributed by atoms with Crippen LogP contribution in [0.15, 0.2) is 36.5 Å². The normalized spacial score (nSPS) is 13.0. The van der Waals surface area contributed by atoms with Gasteiger partial charge in [0, 0.05) is 58.0 Å². The van der Waals surface area contributed by atoms with Crippen molar-refractivity contribution in [2.24, 2.45) is 5.41 Å². The van der Waals surface area contributed by atoms with Gasteiger partial charge >= 0.3 is 47.9 Å². The molecule has 1 rings (SSSR count). The molecule has 0 saturated carbocycles. The van der Waals surface area contributed by atoms with E-state index in [1.54, 1.807) is 0 Å². The van der Waals surface area contributed by atoms with E-state index in [1.807, 2.05) is 25.2 Å². The molecule has 0 aromatic carbocycles. The number of likely N-dealkylation sites (tertiary alicyclic amines) is 1. The summed E-state index contributed by atoms with van der Waals surface area (Å²) in [5.41, 5.74) is -1.53. The van der Waals surface area contributed by atoms with Crippen molar-refractivity contribution in [2.75, 3.05) is 72.4 Å². The van der Waals surface area contributed by atoms with Crippen LogP contribution in [0, 0.1) is 5.41 Å². The number of unbranched alkanes of at least 4 members (excludes halogenated alkanes) is 16. The first kappa shape index (κ1) is 78.8. The molecule has 0 spiro atoms. The number of alkyl carbamates (subject to hydrolysis) is 1. The number of amides is 1. The van der Waals surface area contributed by atoms with Crippen LogP contribution in [-0.2, 0) is 71.5 Å². The molecule has 18 nitrogen and oxygen atoms in total. The van der Waals surface area contributed by atoms with Crippen LogP contribution in [0.5, 0.6) is 0 Å². The maximum Gasteiger partial charge on any atom is 0.407 e. The molecule has 0 aromatic heterocycles. The van der Waals surface area contributed by atoms with Gasteiger partial charge in [0.15, 0.2) is 0 Å². The number of allylic oxidation sites excluding steroid dienone is 3. The first-order valence-corrected chi connectivity index (χ1v) is 33.6. The molecule has 1 saturated heterocycles. The summed E-state index contributed by atoms with van der Waals surface area (Å²) in [6, 6.07) is 0. The molecule has 0 aromatic rings. The van der Waals surface area contributed by atoms with E-state index in [0.717, 1.165) is 103 Å². The van der Waals surface area contributed by atoms with Crippen molar-refractivity contribution in [1.82, 2.24) is 10.2 Å². The first-order valence-electron chi connectivity index (χ1n) is 33.6. The molecule has 1 amide bonds. The molecule has 86 heavy (non-hydrogen) atoms. The van der Waals surface area contributed by atoms with Gasteiger partial charge in [-0.3, -0.25) is 33.6 Å². The Kier molecular flexibility index (Phi) is 51.5. The lowest BCUT2D eigenvalue weighted by Gasteiger charge is -2.31. The van der Waals surface area contributed by atoms with E-state index in [0.29, 0.717) is 110 Å². The summed E-state index contributed by atoms with van der Waals surface area (Å²) < 4.78 is 45.2. The van der Waals surface area contributed by atoms with Crippen molar-refractivity contribution in [3.63, 3.8) is 0 Å². The molecular weight excluding hydrogens is 1100 g/mol. The number of carbonyl (C=O) groups excluding carboxylic acids is 8. The Morgan fingerprint density at radius 3 is 1.06 bits per heavy atom. The third-order valence-electron chi connectivity index (χ3n) is 14.7. The van der Waals surface area contributed by atoms with E-state index >= 15 is 0 Å². The Morgan fingerprint density at radius 2 is 0.709 bits per heavy atom. The summed E-state index contributed by atoms with van der Waals surface area (Å²) in [6.45, 7) is 10.9. The van der Waals surface area contributed by atoms with E-state index in [1.165, 1.54) is 19.3 Å². The molecule has 1 N–H and O–H groups in total. The highest BCUT2D eigenvalue weighted by Crippen LogP contribution is 2.24. The van der Waals surface area contributed by atoms with Gasteiger partial charge in [-0.1, -0.05) is 135 Å². The zero-order chi connectivity index (χ0) is 62.8. The Labute approximate surface area is 518 Å². The van der Waals surface area contributed by atoms with Crippen LogP contribution in [0.4, 0.5) is 4.79 Å². The molecule has 18 heteroatoms. The average molecular weight is 1220 g/mol. The Morgan fingerprint density at radius 1 is 0.384 bits per heavy atom. The molecule has 1 aliphatic rings. The van der Waals surface area contributed by atoms with Crippen LogP contribution < -0.4 is 5.32 Å². The van der Waals surface area contributed by atoms with Crippen LogP contribution >= 0.6 is 0 Å². The Hall–Kier alpha value is -5.26. The van der Waals surface area contributed by atoms with E-state index in [9.17, 15) is 38.4 Å². The molecule has 1 unspecified atom stereocenters. The van der Waals surface area contributed by atoms with Gasteiger partial charge in [0.2, 0.25) is 0 Å². The summed E-state index contributed by atoms with van der Waals surface area (Å²) in [7, 11) is 0. The lowest BCUT2D eigenvalue weighted by molar-refractivity contribution is -0.171. The summed E-state index contributed by atoms with van der Waals surface area (Å²) in [6.07, 6.45) is 36.5. The Bertz CT molecular complexity index is 1730. The SMILES string of the molecule is CCCCC/C=C\CCOC(=O)CCCCCC(=O)OCC(COC(=O)CCCCCC(=O)OCC/C=C\CCCCC)(COC(=O)CCCCCC(=O)OCC/C=C\CCCCC)COC(=O)CCC(CCCC)OC(=O)NCCN1CCCC1. The number of nitrogens with zero attached hydrogens (tertiary/aromatic N) is 1. The van der Waals surface area contributed by atoms with Crippen molar-refractivity contribution >= 4 is 47.9 Å². The molecule has 1 aliphatic heterocycles. The summed E-state index contributed by atoms with van der Waals surface area (Å²) in [5, 5.41) is 2.83. The number of esters is 7. The molecule has 1 atom stereocenters. The third-order valence-corrected chi connectivity index (χ3v) is 14.7. The van der Waals surface area contributed by atoms with Gasteiger partial charge in [-0.2, -0.15) is 0 Å². The number of carbonyl (C=O) groups is 8. The van der Waals surface area contributed by atoms with Crippen LogP contribution in [0.2, 0.25) is 0 Å². The fourth-order valence-corrected chi connectivity index (χ4v) is 9.29. The van der Waals surface area contributed by atoms with E-state index in [-0.39, 0.29) is 69.3 Å². The molecule has 494 valence electrons. The maximum absolute atomic E-state index is 13.6. The minimum atomic E-state index is -1.53. The second-order valence-corrected chi connectivity index (χ2v) is 22.9.